The summed E-state index contributed by atoms with van der Waals surface area (Å²) in [6.07, 6.45) is 0. The van der Waals surface area contributed by atoms with Crippen LogP contribution in [0.5, 0.6) is 0 Å². The largest absolute Gasteiger partial charge is 0.354 e. The highest BCUT2D eigenvalue weighted by atomic mass is 31.2. The van der Waals surface area contributed by atoms with Crippen LogP contribution in [0.3, 0.4) is 0 Å². The SMILES string of the molecule is CCOP(=O)(OCC)[C@@](C)(N)c1ccc(C)cc1. The molecule has 0 aromatic heterocycles. The van der Waals surface area contributed by atoms with Crippen molar-refractivity contribution < 1.29 is 13.6 Å². The van der Waals surface area contributed by atoms with Crippen LogP contribution in [-0.2, 0) is 18.9 Å². The van der Waals surface area contributed by atoms with Gasteiger partial charge >= 0.3 is 7.60 Å². The maximum atomic E-state index is 12.8. The number of benzene rings is 1. The van der Waals surface area contributed by atoms with E-state index in [2.05, 4.69) is 0 Å². The lowest BCUT2D eigenvalue weighted by molar-refractivity contribution is 0.198. The van der Waals surface area contributed by atoms with Crippen molar-refractivity contribution in [2.24, 2.45) is 5.73 Å². The third kappa shape index (κ3) is 3.01. The maximum absolute atomic E-state index is 12.8. The fourth-order valence-electron chi connectivity index (χ4n) is 1.69. The lowest BCUT2D eigenvalue weighted by Gasteiger charge is -2.32. The van der Waals surface area contributed by atoms with Gasteiger partial charge in [-0.3, -0.25) is 4.57 Å². The highest BCUT2D eigenvalue weighted by molar-refractivity contribution is 7.55. The average molecular weight is 271 g/mol. The van der Waals surface area contributed by atoms with Gasteiger partial charge in [0.05, 0.1) is 13.2 Å². The minimum absolute atomic E-state index is 0.302. The molecule has 0 saturated heterocycles. The summed E-state index contributed by atoms with van der Waals surface area (Å²) in [4.78, 5) is 0. The van der Waals surface area contributed by atoms with E-state index in [9.17, 15) is 4.57 Å². The summed E-state index contributed by atoms with van der Waals surface area (Å²) in [5.41, 5.74) is 8.10. The van der Waals surface area contributed by atoms with E-state index in [0.29, 0.717) is 13.2 Å². The molecule has 2 N–H and O–H groups in total. The van der Waals surface area contributed by atoms with Crippen LogP contribution in [0.1, 0.15) is 31.9 Å². The van der Waals surface area contributed by atoms with Gasteiger partial charge in [-0.2, -0.15) is 0 Å². The summed E-state index contributed by atoms with van der Waals surface area (Å²) in [5.74, 6) is 0. The molecule has 0 aliphatic heterocycles. The molecule has 4 nitrogen and oxygen atoms in total. The van der Waals surface area contributed by atoms with Crippen LogP contribution in [0.4, 0.5) is 0 Å². The Bertz CT molecular complexity index is 418. The van der Waals surface area contributed by atoms with Crippen molar-refractivity contribution in [3.8, 4) is 0 Å². The van der Waals surface area contributed by atoms with Crippen molar-refractivity contribution in [1.29, 1.82) is 0 Å². The number of hydrogen-bond acceptors (Lipinski definition) is 4. The minimum atomic E-state index is -3.38. The zero-order valence-electron chi connectivity index (χ0n) is 11.5. The highest BCUT2D eigenvalue weighted by Gasteiger charge is 2.45. The molecule has 0 bridgehead atoms. The first-order chi connectivity index (χ1) is 8.37. The first-order valence-corrected chi connectivity index (χ1v) is 7.67. The van der Waals surface area contributed by atoms with Gasteiger partial charge in [0.15, 0.2) is 0 Å². The Morgan fingerprint density at radius 2 is 1.61 bits per heavy atom. The van der Waals surface area contributed by atoms with Gasteiger partial charge in [0.25, 0.3) is 0 Å². The van der Waals surface area contributed by atoms with Gasteiger partial charge in [-0.25, -0.2) is 0 Å². The van der Waals surface area contributed by atoms with Crippen molar-refractivity contribution in [3.63, 3.8) is 0 Å². The predicted molar refractivity (Wildman–Crippen MR) is 73.6 cm³/mol. The van der Waals surface area contributed by atoms with Crippen LogP contribution in [0, 0.1) is 6.92 Å². The third-order valence-corrected chi connectivity index (χ3v) is 5.40. The van der Waals surface area contributed by atoms with Gasteiger partial charge in [0, 0.05) is 0 Å². The molecule has 0 radical (unpaired) electrons. The molecule has 0 spiro atoms. The van der Waals surface area contributed by atoms with E-state index in [-0.39, 0.29) is 0 Å². The number of hydrogen-bond donors (Lipinski definition) is 1. The topological polar surface area (TPSA) is 61.5 Å². The summed E-state index contributed by atoms with van der Waals surface area (Å²) >= 11 is 0. The molecule has 0 fully saturated rings. The number of nitrogens with two attached hydrogens (primary N) is 1. The quantitative estimate of drug-likeness (QED) is 0.805. The van der Waals surface area contributed by atoms with E-state index in [1.54, 1.807) is 20.8 Å². The van der Waals surface area contributed by atoms with Crippen LogP contribution in [-0.4, -0.2) is 13.2 Å². The van der Waals surface area contributed by atoms with Gasteiger partial charge in [0.2, 0.25) is 0 Å². The summed E-state index contributed by atoms with van der Waals surface area (Å²) in [7, 11) is -3.38. The molecule has 1 atom stereocenters. The summed E-state index contributed by atoms with van der Waals surface area (Å²) in [6.45, 7) is 7.83. The maximum Gasteiger partial charge on any atom is 0.354 e. The fourth-order valence-corrected chi connectivity index (χ4v) is 3.45. The molecule has 18 heavy (non-hydrogen) atoms. The van der Waals surface area contributed by atoms with E-state index >= 15 is 0 Å². The van der Waals surface area contributed by atoms with Crippen LogP contribution in [0.15, 0.2) is 24.3 Å². The molecule has 0 unspecified atom stereocenters. The minimum Gasteiger partial charge on any atom is -0.312 e. The monoisotopic (exact) mass is 271 g/mol. The first kappa shape index (κ1) is 15.4. The Morgan fingerprint density at radius 3 is 2.00 bits per heavy atom. The Labute approximate surface area is 109 Å². The summed E-state index contributed by atoms with van der Waals surface area (Å²) in [5, 5.41) is -1.15. The molecular weight excluding hydrogens is 249 g/mol. The van der Waals surface area contributed by atoms with E-state index in [4.69, 9.17) is 14.8 Å². The van der Waals surface area contributed by atoms with E-state index in [1.807, 2.05) is 31.2 Å². The molecular formula is C13H22NO3P. The molecule has 1 rings (SSSR count). The zero-order valence-corrected chi connectivity index (χ0v) is 12.4. The molecule has 0 aliphatic rings. The molecule has 0 saturated carbocycles. The Morgan fingerprint density at radius 1 is 1.17 bits per heavy atom. The highest BCUT2D eigenvalue weighted by Crippen LogP contribution is 2.61. The van der Waals surface area contributed by atoms with E-state index < -0.39 is 12.9 Å². The van der Waals surface area contributed by atoms with Gasteiger partial charge < -0.3 is 14.8 Å². The fraction of sp³-hybridized carbons (Fsp3) is 0.538. The normalized spacial score (nSPS) is 15.4. The van der Waals surface area contributed by atoms with Crippen LogP contribution < -0.4 is 5.73 Å². The second-order valence-corrected chi connectivity index (χ2v) is 6.79. The lowest BCUT2D eigenvalue weighted by atomic mass is 10.1. The third-order valence-electron chi connectivity index (χ3n) is 2.80. The van der Waals surface area contributed by atoms with Crippen LogP contribution in [0.25, 0.3) is 0 Å². The zero-order chi connectivity index (χ0) is 13.8. The Hall–Kier alpha value is -0.670. The lowest BCUT2D eigenvalue weighted by Crippen LogP contribution is -2.34. The van der Waals surface area contributed by atoms with Gasteiger partial charge in [-0.05, 0) is 33.3 Å². The summed E-state index contributed by atoms with van der Waals surface area (Å²) in [6, 6.07) is 7.59. The molecule has 1 aromatic rings. The summed E-state index contributed by atoms with van der Waals surface area (Å²) < 4.78 is 23.4. The van der Waals surface area contributed by atoms with E-state index in [0.717, 1.165) is 11.1 Å². The standard InChI is InChI=1S/C13H22NO3P/c1-5-16-18(15,17-6-2)13(4,14)12-9-7-11(3)8-10-12/h7-10H,5-6,14H2,1-4H3/t13-/m1/s1. The molecule has 0 amide bonds. The van der Waals surface area contributed by atoms with Crippen molar-refractivity contribution in [3.05, 3.63) is 35.4 Å². The number of aryl methyl sites for hydroxylation is 1. The van der Waals surface area contributed by atoms with Crippen molar-refractivity contribution in [2.45, 2.75) is 33.0 Å². The van der Waals surface area contributed by atoms with Gasteiger partial charge in [-0.15, -0.1) is 0 Å². The number of rotatable bonds is 6. The Balaban J connectivity index is 3.15. The van der Waals surface area contributed by atoms with Gasteiger partial charge in [0.1, 0.15) is 5.28 Å². The second kappa shape index (κ2) is 5.98. The van der Waals surface area contributed by atoms with Crippen LogP contribution in [0.2, 0.25) is 0 Å². The smallest absolute Gasteiger partial charge is 0.312 e. The van der Waals surface area contributed by atoms with Crippen LogP contribution >= 0.6 is 7.60 Å². The van der Waals surface area contributed by atoms with Crippen molar-refractivity contribution in [2.75, 3.05) is 13.2 Å². The first-order valence-electron chi connectivity index (χ1n) is 6.12. The van der Waals surface area contributed by atoms with Gasteiger partial charge in [-0.1, -0.05) is 29.8 Å². The molecule has 102 valence electrons. The average Bonchev–Trinajstić information content (AvgIpc) is 2.30. The molecule has 0 heterocycles. The van der Waals surface area contributed by atoms with Crippen molar-refractivity contribution >= 4 is 7.60 Å². The predicted octanol–water partition coefficient (Wildman–Crippen LogP) is 3.39. The van der Waals surface area contributed by atoms with E-state index in [1.165, 1.54) is 0 Å². The molecule has 1 aromatic carbocycles. The second-order valence-electron chi connectivity index (χ2n) is 4.35. The Kier molecular flexibility index (Phi) is 5.11. The van der Waals surface area contributed by atoms with Crippen molar-refractivity contribution in [1.82, 2.24) is 0 Å². The molecule has 0 aliphatic carbocycles. The molecule has 5 heteroatoms.